The van der Waals surface area contributed by atoms with Crippen LogP contribution in [-0.4, -0.2) is 38.0 Å². The summed E-state index contributed by atoms with van der Waals surface area (Å²) in [4.78, 5) is 12.3. The summed E-state index contributed by atoms with van der Waals surface area (Å²) < 4.78 is 29.7. The minimum atomic E-state index is -3.26. The van der Waals surface area contributed by atoms with Gasteiger partial charge in [0, 0.05) is 5.69 Å². The fraction of sp³-hybridized carbons (Fsp3) is 0.316. The molecule has 3 rings (SSSR count). The van der Waals surface area contributed by atoms with Crippen molar-refractivity contribution in [3.8, 4) is 0 Å². The molecule has 6 heteroatoms. The van der Waals surface area contributed by atoms with Crippen molar-refractivity contribution in [3.63, 3.8) is 0 Å². The second-order valence-electron chi connectivity index (χ2n) is 6.46. The molecular formula is C19H21NO4S. The van der Waals surface area contributed by atoms with Gasteiger partial charge in [0.2, 0.25) is 0 Å². The van der Waals surface area contributed by atoms with Gasteiger partial charge in [-0.1, -0.05) is 30.3 Å². The average molecular weight is 359 g/mol. The van der Waals surface area contributed by atoms with Crippen LogP contribution in [0.5, 0.6) is 0 Å². The number of ether oxygens (including phenoxy) is 1. The molecule has 2 aromatic rings. The Morgan fingerprint density at radius 2 is 1.80 bits per heavy atom. The number of esters is 1. The molecule has 0 amide bonds. The lowest BCUT2D eigenvalue weighted by molar-refractivity contribution is 0.0336. The molecule has 132 valence electrons. The van der Waals surface area contributed by atoms with Crippen molar-refractivity contribution in [1.82, 2.24) is 0 Å². The summed E-state index contributed by atoms with van der Waals surface area (Å²) >= 11 is 0. The third-order valence-corrected chi connectivity index (χ3v) is 6.01. The Morgan fingerprint density at radius 3 is 2.52 bits per heavy atom. The summed E-state index contributed by atoms with van der Waals surface area (Å²) in [6, 6.07) is 14.1. The number of hydrogen-bond acceptors (Lipinski definition) is 5. The minimum absolute atomic E-state index is 0.0485. The lowest BCUT2D eigenvalue weighted by atomic mass is 10.1. The summed E-state index contributed by atoms with van der Waals surface area (Å²) in [5.41, 5.74) is 3.37. The Balaban J connectivity index is 1.79. The number of nitrogens with one attached hydrogen (secondary N) is 1. The Morgan fingerprint density at radius 1 is 1.08 bits per heavy atom. The van der Waals surface area contributed by atoms with E-state index in [1.807, 2.05) is 38.1 Å². The molecular weight excluding hydrogens is 338 g/mol. The van der Waals surface area contributed by atoms with E-state index in [0.29, 0.717) is 5.56 Å². The van der Waals surface area contributed by atoms with E-state index in [-0.39, 0.29) is 11.5 Å². The van der Waals surface area contributed by atoms with Gasteiger partial charge in [0.1, 0.15) is 6.10 Å². The van der Waals surface area contributed by atoms with Crippen molar-refractivity contribution in [2.45, 2.75) is 26.0 Å². The number of sulfone groups is 1. The molecule has 0 saturated carbocycles. The second kappa shape index (κ2) is 6.88. The SMILES string of the molecule is Cc1ccc(C)c(NC2CS(=O)(=O)CC2OC(=O)c2ccccc2)c1. The number of aryl methyl sites for hydroxylation is 2. The van der Waals surface area contributed by atoms with Gasteiger partial charge in [-0.05, 0) is 43.2 Å². The quantitative estimate of drug-likeness (QED) is 0.850. The van der Waals surface area contributed by atoms with Crippen LogP contribution in [0.1, 0.15) is 21.5 Å². The molecule has 1 heterocycles. The highest BCUT2D eigenvalue weighted by Crippen LogP contribution is 2.24. The van der Waals surface area contributed by atoms with Crippen molar-refractivity contribution in [1.29, 1.82) is 0 Å². The van der Waals surface area contributed by atoms with E-state index in [9.17, 15) is 13.2 Å². The first-order chi connectivity index (χ1) is 11.8. The zero-order valence-corrected chi connectivity index (χ0v) is 15.0. The van der Waals surface area contributed by atoms with E-state index in [2.05, 4.69) is 5.32 Å². The van der Waals surface area contributed by atoms with Crippen LogP contribution < -0.4 is 5.32 Å². The van der Waals surface area contributed by atoms with Crippen LogP contribution in [0, 0.1) is 13.8 Å². The molecule has 1 N–H and O–H groups in total. The van der Waals surface area contributed by atoms with Crippen LogP contribution in [0.3, 0.4) is 0 Å². The molecule has 0 aliphatic carbocycles. The summed E-state index contributed by atoms with van der Waals surface area (Å²) in [7, 11) is -3.26. The van der Waals surface area contributed by atoms with Crippen molar-refractivity contribution >= 4 is 21.5 Å². The molecule has 1 fully saturated rings. The van der Waals surface area contributed by atoms with Gasteiger partial charge in [0.25, 0.3) is 0 Å². The van der Waals surface area contributed by atoms with Gasteiger partial charge in [-0.2, -0.15) is 0 Å². The Labute approximate surface area is 147 Å². The Hall–Kier alpha value is -2.34. The third kappa shape index (κ3) is 4.20. The number of carbonyl (C=O) groups is 1. The fourth-order valence-electron chi connectivity index (χ4n) is 2.94. The van der Waals surface area contributed by atoms with E-state index in [1.165, 1.54) is 0 Å². The monoisotopic (exact) mass is 359 g/mol. The van der Waals surface area contributed by atoms with E-state index >= 15 is 0 Å². The number of rotatable bonds is 4. The van der Waals surface area contributed by atoms with Crippen LogP contribution in [0.4, 0.5) is 5.69 Å². The average Bonchev–Trinajstić information content (AvgIpc) is 2.85. The highest BCUT2D eigenvalue weighted by molar-refractivity contribution is 7.91. The lowest BCUT2D eigenvalue weighted by Crippen LogP contribution is -2.36. The molecule has 0 radical (unpaired) electrons. The molecule has 0 bridgehead atoms. The Bertz CT molecular complexity index is 878. The van der Waals surface area contributed by atoms with Crippen molar-refractivity contribution in [2.24, 2.45) is 0 Å². The molecule has 2 unspecified atom stereocenters. The van der Waals surface area contributed by atoms with E-state index in [4.69, 9.17) is 4.74 Å². The second-order valence-corrected chi connectivity index (χ2v) is 8.61. The molecule has 0 spiro atoms. The molecule has 2 atom stereocenters. The minimum Gasteiger partial charge on any atom is -0.455 e. The smallest absolute Gasteiger partial charge is 0.338 e. The number of benzene rings is 2. The molecule has 1 aliphatic rings. The van der Waals surface area contributed by atoms with Crippen molar-refractivity contribution < 1.29 is 17.9 Å². The van der Waals surface area contributed by atoms with Gasteiger partial charge in [-0.3, -0.25) is 0 Å². The zero-order valence-electron chi connectivity index (χ0n) is 14.2. The largest absolute Gasteiger partial charge is 0.455 e. The van der Waals surface area contributed by atoms with E-state index in [0.717, 1.165) is 16.8 Å². The number of anilines is 1. The van der Waals surface area contributed by atoms with Gasteiger partial charge < -0.3 is 10.1 Å². The standard InChI is InChI=1S/C19H21NO4S/c1-13-8-9-14(2)16(10-13)20-17-11-25(22,23)12-18(17)24-19(21)15-6-4-3-5-7-15/h3-10,17-18,20H,11-12H2,1-2H3. The zero-order chi connectivity index (χ0) is 18.0. The van der Waals surface area contributed by atoms with E-state index in [1.54, 1.807) is 24.3 Å². The van der Waals surface area contributed by atoms with Crippen LogP contribution >= 0.6 is 0 Å². The summed E-state index contributed by atoms with van der Waals surface area (Å²) in [5.74, 6) is -0.711. The van der Waals surface area contributed by atoms with Crippen LogP contribution in [0.15, 0.2) is 48.5 Å². The number of hydrogen-bond donors (Lipinski definition) is 1. The van der Waals surface area contributed by atoms with Crippen LogP contribution in [-0.2, 0) is 14.6 Å². The number of carbonyl (C=O) groups excluding carboxylic acids is 1. The highest BCUT2D eigenvalue weighted by Gasteiger charge is 2.40. The first kappa shape index (κ1) is 17.5. The van der Waals surface area contributed by atoms with Gasteiger partial charge in [0.05, 0.1) is 23.1 Å². The first-order valence-electron chi connectivity index (χ1n) is 8.14. The van der Waals surface area contributed by atoms with Gasteiger partial charge >= 0.3 is 5.97 Å². The normalized spacial score (nSPS) is 21.7. The lowest BCUT2D eigenvalue weighted by Gasteiger charge is -2.22. The maximum atomic E-state index is 12.3. The molecule has 1 saturated heterocycles. The van der Waals surface area contributed by atoms with Gasteiger partial charge in [0.15, 0.2) is 9.84 Å². The maximum absolute atomic E-state index is 12.3. The van der Waals surface area contributed by atoms with Crippen LogP contribution in [0.25, 0.3) is 0 Å². The molecule has 5 nitrogen and oxygen atoms in total. The topological polar surface area (TPSA) is 72.5 Å². The van der Waals surface area contributed by atoms with Gasteiger partial charge in [-0.15, -0.1) is 0 Å². The third-order valence-electron chi connectivity index (χ3n) is 4.30. The summed E-state index contributed by atoms with van der Waals surface area (Å²) in [6.07, 6.45) is -0.711. The molecule has 0 aromatic heterocycles. The summed E-state index contributed by atoms with van der Waals surface area (Å²) in [5, 5.41) is 3.26. The van der Waals surface area contributed by atoms with Crippen molar-refractivity contribution in [2.75, 3.05) is 16.8 Å². The molecule has 1 aliphatic heterocycles. The van der Waals surface area contributed by atoms with Gasteiger partial charge in [-0.25, -0.2) is 13.2 Å². The fourth-order valence-corrected chi connectivity index (χ4v) is 4.72. The van der Waals surface area contributed by atoms with E-state index < -0.39 is 28.0 Å². The van der Waals surface area contributed by atoms with Crippen molar-refractivity contribution in [3.05, 3.63) is 65.2 Å². The maximum Gasteiger partial charge on any atom is 0.338 e. The summed E-state index contributed by atoms with van der Waals surface area (Å²) in [6.45, 7) is 3.93. The molecule has 2 aromatic carbocycles. The predicted octanol–water partition coefficient (Wildman–Crippen LogP) is 2.74. The Kier molecular flexibility index (Phi) is 4.81. The first-order valence-corrected chi connectivity index (χ1v) is 9.96. The highest BCUT2D eigenvalue weighted by atomic mass is 32.2. The predicted molar refractivity (Wildman–Crippen MR) is 97.6 cm³/mol. The molecule has 25 heavy (non-hydrogen) atoms. The van der Waals surface area contributed by atoms with Crippen LogP contribution in [0.2, 0.25) is 0 Å².